The third-order valence-corrected chi connectivity index (χ3v) is 6.22. The van der Waals surface area contributed by atoms with E-state index in [0.29, 0.717) is 12.0 Å². The Morgan fingerprint density at radius 2 is 2.13 bits per heavy atom. The molecule has 0 aromatic rings. The fraction of sp³-hybridized carbons (Fsp3) is 0.591. The first-order valence-corrected chi connectivity index (χ1v) is 10.2. The highest BCUT2D eigenvalue weighted by atomic mass is 16.7. The summed E-state index contributed by atoms with van der Waals surface area (Å²) in [4.78, 5) is 35.9. The van der Waals surface area contributed by atoms with Crippen LogP contribution < -0.4 is 0 Å². The van der Waals surface area contributed by atoms with Crippen LogP contribution in [0, 0.1) is 5.92 Å². The van der Waals surface area contributed by atoms with E-state index in [1.165, 1.54) is 13.0 Å². The maximum Gasteiger partial charge on any atom is 0.334 e. The van der Waals surface area contributed by atoms with Crippen LogP contribution in [0.2, 0.25) is 0 Å². The van der Waals surface area contributed by atoms with Gasteiger partial charge in [0.15, 0.2) is 0 Å². The molecular formula is C22H26O9. The second-order valence-corrected chi connectivity index (χ2v) is 8.53. The Labute approximate surface area is 179 Å². The van der Waals surface area contributed by atoms with Gasteiger partial charge in [-0.1, -0.05) is 6.58 Å². The van der Waals surface area contributed by atoms with Gasteiger partial charge in [0, 0.05) is 24.5 Å². The topological polar surface area (TPSA) is 124 Å². The van der Waals surface area contributed by atoms with Gasteiger partial charge in [-0.05, 0) is 31.6 Å². The summed E-state index contributed by atoms with van der Waals surface area (Å²) in [5.41, 5.74) is 0.465. The number of hydrogen-bond donors (Lipinski definition) is 1. The van der Waals surface area contributed by atoms with E-state index < -0.39 is 41.6 Å². The van der Waals surface area contributed by atoms with Gasteiger partial charge >= 0.3 is 17.9 Å². The molecule has 7 atom stereocenters. The van der Waals surface area contributed by atoms with Gasteiger partial charge in [0.1, 0.15) is 37.1 Å². The fourth-order valence-electron chi connectivity index (χ4n) is 4.36. The molecule has 168 valence electrons. The molecule has 0 spiro atoms. The van der Waals surface area contributed by atoms with Gasteiger partial charge in [0.05, 0.1) is 18.1 Å². The maximum absolute atomic E-state index is 12.7. The molecule has 3 heterocycles. The highest BCUT2D eigenvalue weighted by Crippen LogP contribution is 2.53. The number of carbonyl (C=O) groups is 3. The van der Waals surface area contributed by atoms with Crippen molar-refractivity contribution in [1.82, 2.24) is 0 Å². The molecule has 0 saturated carbocycles. The first-order valence-electron chi connectivity index (χ1n) is 10.2. The highest BCUT2D eigenvalue weighted by molar-refractivity contribution is 5.92. The van der Waals surface area contributed by atoms with Gasteiger partial charge in [-0.15, -0.1) is 0 Å². The number of rotatable bonds is 5. The van der Waals surface area contributed by atoms with Crippen LogP contribution in [0.1, 0.15) is 27.2 Å². The van der Waals surface area contributed by atoms with Gasteiger partial charge in [0.2, 0.25) is 0 Å². The van der Waals surface area contributed by atoms with Crippen LogP contribution in [0.4, 0.5) is 0 Å². The summed E-state index contributed by atoms with van der Waals surface area (Å²) >= 11 is 0. The zero-order valence-electron chi connectivity index (χ0n) is 17.7. The molecule has 3 fully saturated rings. The van der Waals surface area contributed by atoms with E-state index in [9.17, 15) is 19.5 Å². The van der Waals surface area contributed by atoms with E-state index in [0.717, 1.165) is 0 Å². The number of esters is 3. The van der Waals surface area contributed by atoms with E-state index in [1.807, 2.05) is 6.92 Å². The predicted molar refractivity (Wildman–Crippen MR) is 105 cm³/mol. The maximum atomic E-state index is 12.7. The molecule has 9 nitrogen and oxygen atoms in total. The summed E-state index contributed by atoms with van der Waals surface area (Å²) in [6.45, 7) is 8.29. The standard InChI is InChI=1S/C22H26O9/c1-10(5-6-27-12(3)24)20(25)29-15-8-22(4)19(31-22)18-17(30-18)13(9-23)7-14-16(15)11(2)21(26)28-14/h5,7,14-19,23H,2,6,8-9H2,1,3-4H3/b10-5?,13-7+. The quantitative estimate of drug-likeness (QED) is 0.219. The summed E-state index contributed by atoms with van der Waals surface area (Å²) in [5, 5.41) is 9.81. The summed E-state index contributed by atoms with van der Waals surface area (Å²) in [7, 11) is 0. The van der Waals surface area contributed by atoms with Crippen molar-refractivity contribution in [2.75, 3.05) is 13.2 Å². The molecule has 9 heteroatoms. The molecule has 3 aliphatic heterocycles. The molecule has 0 aromatic carbocycles. The Kier molecular flexibility index (Phi) is 5.53. The summed E-state index contributed by atoms with van der Waals surface area (Å²) < 4.78 is 27.7. The second kappa shape index (κ2) is 7.89. The molecule has 0 bridgehead atoms. The van der Waals surface area contributed by atoms with E-state index in [4.69, 9.17) is 23.7 Å². The lowest BCUT2D eigenvalue weighted by Gasteiger charge is -2.28. The van der Waals surface area contributed by atoms with Crippen molar-refractivity contribution in [3.63, 3.8) is 0 Å². The average molecular weight is 434 g/mol. The minimum atomic E-state index is -0.755. The Morgan fingerprint density at radius 3 is 2.81 bits per heavy atom. The van der Waals surface area contributed by atoms with Crippen LogP contribution in [-0.2, 0) is 38.1 Å². The summed E-state index contributed by atoms with van der Waals surface area (Å²) in [6, 6.07) is 0. The number of fused-ring (bicyclic) bond motifs is 4. The minimum absolute atomic E-state index is 0.0484. The Balaban J connectivity index is 1.60. The molecule has 1 aliphatic carbocycles. The van der Waals surface area contributed by atoms with Gasteiger partial charge < -0.3 is 28.8 Å². The molecule has 0 radical (unpaired) electrons. The average Bonchev–Trinajstić information content (AvgIpc) is 3.58. The van der Waals surface area contributed by atoms with Crippen molar-refractivity contribution in [2.24, 2.45) is 5.92 Å². The number of aliphatic hydroxyl groups is 1. The zero-order chi connectivity index (χ0) is 22.5. The minimum Gasteiger partial charge on any atom is -0.462 e. The lowest BCUT2D eigenvalue weighted by atomic mass is 9.82. The first-order chi connectivity index (χ1) is 14.6. The van der Waals surface area contributed by atoms with E-state index in [-0.39, 0.29) is 42.7 Å². The van der Waals surface area contributed by atoms with Gasteiger partial charge in [-0.25, -0.2) is 9.59 Å². The van der Waals surface area contributed by atoms with Crippen molar-refractivity contribution in [3.8, 4) is 0 Å². The number of carbonyl (C=O) groups excluding carboxylic acids is 3. The lowest BCUT2D eigenvalue weighted by Crippen LogP contribution is -2.38. The van der Waals surface area contributed by atoms with Gasteiger partial charge in [-0.2, -0.15) is 0 Å². The SMILES string of the molecule is C=C1C(=O)OC2/C=C(\CO)C3OC3C3OC3(C)CC(OC(=O)C(C)=CCOC(C)=O)C12. The van der Waals surface area contributed by atoms with Crippen molar-refractivity contribution in [3.05, 3.63) is 35.5 Å². The molecule has 1 N–H and O–H groups in total. The molecule has 4 aliphatic rings. The Bertz CT molecular complexity index is 887. The van der Waals surface area contributed by atoms with Crippen LogP contribution >= 0.6 is 0 Å². The van der Waals surface area contributed by atoms with Crippen LogP contribution in [0.3, 0.4) is 0 Å². The largest absolute Gasteiger partial charge is 0.462 e. The summed E-state index contributed by atoms with van der Waals surface area (Å²) in [6.07, 6.45) is 1.28. The lowest BCUT2D eigenvalue weighted by molar-refractivity contribution is -0.148. The molecular weight excluding hydrogens is 408 g/mol. The third-order valence-electron chi connectivity index (χ3n) is 6.22. The van der Waals surface area contributed by atoms with Gasteiger partial charge in [-0.3, -0.25) is 4.79 Å². The van der Waals surface area contributed by atoms with E-state index in [2.05, 4.69) is 6.58 Å². The smallest absolute Gasteiger partial charge is 0.334 e. The van der Waals surface area contributed by atoms with Crippen LogP contribution in [0.5, 0.6) is 0 Å². The molecule has 0 amide bonds. The molecule has 7 unspecified atom stereocenters. The van der Waals surface area contributed by atoms with Crippen molar-refractivity contribution in [1.29, 1.82) is 0 Å². The van der Waals surface area contributed by atoms with Crippen molar-refractivity contribution >= 4 is 17.9 Å². The highest BCUT2D eigenvalue weighted by Gasteiger charge is 2.67. The number of hydrogen-bond acceptors (Lipinski definition) is 9. The monoisotopic (exact) mass is 434 g/mol. The zero-order valence-corrected chi connectivity index (χ0v) is 17.7. The second-order valence-electron chi connectivity index (χ2n) is 8.53. The van der Waals surface area contributed by atoms with Crippen molar-refractivity contribution in [2.45, 2.75) is 63.3 Å². The molecule has 31 heavy (non-hydrogen) atoms. The predicted octanol–water partition coefficient (Wildman–Crippen LogP) is 0.753. The fourth-order valence-corrected chi connectivity index (χ4v) is 4.36. The van der Waals surface area contributed by atoms with E-state index >= 15 is 0 Å². The molecule has 4 rings (SSSR count). The normalized spacial score (nSPS) is 40.4. The number of epoxide rings is 2. The van der Waals surface area contributed by atoms with Crippen LogP contribution in [0.15, 0.2) is 35.5 Å². The molecule has 0 aromatic heterocycles. The summed E-state index contributed by atoms with van der Waals surface area (Å²) in [5.74, 6) is -2.26. The Hall–Kier alpha value is -2.49. The first kappa shape index (κ1) is 21.7. The Morgan fingerprint density at radius 1 is 1.39 bits per heavy atom. The molecule has 3 saturated heterocycles. The number of aliphatic hydroxyl groups excluding tert-OH is 1. The third kappa shape index (κ3) is 4.17. The van der Waals surface area contributed by atoms with Crippen LogP contribution in [-0.4, -0.2) is 72.3 Å². The van der Waals surface area contributed by atoms with Crippen molar-refractivity contribution < 1.29 is 43.2 Å². The van der Waals surface area contributed by atoms with Crippen LogP contribution in [0.25, 0.3) is 0 Å². The number of ether oxygens (including phenoxy) is 5. The van der Waals surface area contributed by atoms with E-state index in [1.54, 1.807) is 13.0 Å². The van der Waals surface area contributed by atoms with Gasteiger partial charge in [0.25, 0.3) is 0 Å².